The quantitative estimate of drug-likeness (QED) is 0.674. The highest BCUT2D eigenvalue weighted by atomic mass is 16.4. The van der Waals surface area contributed by atoms with Crippen LogP contribution < -0.4 is 0 Å². The van der Waals surface area contributed by atoms with Crippen molar-refractivity contribution in [2.75, 3.05) is 0 Å². The van der Waals surface area contributed by atoms with E-state index in [2.05, 4.69) is 23.8 Å². The van der Waals surface area contributed by atoms with E-state index >= 15 is 0 Å². The van der Waals surface area contributed by atoms with Crippen molar-refractivity contribution in [3.05, 3.63) is 23.9 Å². The highest BCUT2D eigenvalue weighted by molar-refractivity contribution is 5.89. The van der Waals surface area contributed by atoms with Gasteiger partial charge in [0.1, 0.15) is 11.0 Å². The molecule has 4 nitrogen and oxygen atoms in total. The van der Waals surface area contributed by atoms with Gasteiger partial charge in [0, 0.05) is 24.5 Å². The second kappa shape index (κ2) is 3.58. The molecule has 0 saturated heterocycles. The lowest BCUT2D eigenvalue weighted by Crippen LogP contribution is -1.84. The molecule has 0 aliphatic rings. The Bertz CT molecular complexity index is 628. The fourth-order valence-electron chi connectivity index (χ4n) is 1.81. The van der Waals surface area contributed by atoms with Crippen LogP contribution in [0, 0.1) is 0 Å². The molecule has 0 atom stereocenters. The Hall–Kier alpha value is -1.84. The van der Waals surface area contributed by atoms with Crippen LogP contribution in [0.15, 0.2) is 21.0 Å². The first-order valence-electron chi connectivity index (χ1n) is 5.87. The maximum Gasteiger partial charge on any atom is 0.198 e. The fourth-order valence-corrected chi connectivity index (χ4v) is 1.81. The second-order valence-corrected chi connectivity index (χ2v) is 4.46. The molecule has 88 valence electrons. The van der Waals surface area contributed by atoms with Gasteiger partial charge in [-0.15, -0.1) is 0 Å². The van der Waals surface area contributed by atoms with Crippen molar-refractivity contribution < 1.29 is 8.83 Å². The molecule has 0 fully saturated rings. The molecule has 0 aliphatic heterocycles. The molecule has 0 saturated carbocycles. The van der Waals surface area contributed by atoms with Crippen molar-refractivity contribution >= 4 is 22.2 Å². The summed E-state index contributed by atoms with van der Waals surface area (Å²) in [7, 11) is 0. The molecule has 17 heavy (non-hydrogen) atoms. The van der Waals surface area contributed by atoms with Gasteiger partial charge in [-0.2, -0.15) is 0 Å². The number of rotatable bonds is 2. The van der Waals surface area contributed by atoms with E-state index in [4.69, 9.17) is 8.83 Å². The Morgan fingerprint density at radius 2 is 1.71 bits per heavy atom. The molecule has 0 radical (unpaired) electrons. The minimum absolute atomic E-state index is 0.285. The lowest BCUT2D eigenvalue weighted by Gasteiger charge is -1.93. The van der Waals surface area contributed by atoms with Gasteiger partial charge in [0.25, 0.3) is 0 Å². The minimum Gasteiger partial charge on any atom is -0.441 e. The summed E-state index contributed by atoms with van der Waals surface area (Å²) in [4.78, 5) is 8.82. The summed E-state index contributed by atoms with van der Waals surface area (Å²) < 4.78 is 11.3. The molecule has 4 heteroatoms. The standard InChI is InChI=1S/C13H14N2O2/c1-4-12-14-8-5-11-9(6-10(8)16-12)15-13(17-11)7(2)3/h5-7H,4H2,1-3H3. The topological polar surface area (TPSA) is 52.1 Å². The first-order valence-corrected chi connectivity index (χ1v) is 5.87. The predicted molar refractivity (Wildman–Crippen MR) is 65.0 cm³/mol. The van der Waals surface area contributed by atoms with Crippen LogP contribution >= 0.6 is 0 Å². The summed E-state index contributed by atoms with van der Waals surface area (Å²) >= 11 is 0. The SMILES string of the molecule is CCc1nc2cc3oc(C(C)C)nc3cc2o1. The molecule has 0 N–H and O–H groups in total. The van der Waals surface area contributed by atoms with Crippen molar-refractivity contribution in [3.8, 4) is 0 Å². The van der Waals surface area contributed by atoms with Crippen molar-refractivity contribution in [2.45, 2.75) is 33.1 Å². The Morgan fingerprint density at radius 3 is 2.35 bits per heavy atom. The minimum atomic E-state index is 0.285. The highest BCUT2D eigenvalue weighted by Gasteiger charge is 2.12. The van der Waals surface area contributed by atoms with Gasteiger partial charge in [0.15, 0.2) is 22.9 Å². The first-order chi connectivity index (χ1) is 8.17. The van der Waals surface area contributed by atoms with Gasteiger partial charge in [0.2, 0.25) is 0 Å². The molecule has 2 heterocycles. The Labute approximate surface area is 98.6 Å². The molecular formula is C13H14N2O2. The largest absolute Gasteiger partial charge is 0.441 e. The van der Waals surface area contributed by atoms with Crippen LogP contribution in [-0.4, -0.2) is 9.97 Å². The first kappa shape index (κ1) is 10.3. The summed E-state index contributed by atoms with van der Waals surface area (Å²) in [6.07, 6.45) is 0.792. The molecule has 0 spiro atoms. The zero-order valence-electron chi connectivity index (χ0n) is 10.2. The molecule has 0 bridgehead atoms. The number of benzene rings is 1. The van der Waals surface area contributed by atoms with Crippen LogP contribution in [0.3, 0.4) is 0 Å². The van der Waals surface area contributed by atoms with Crippen molar-refractivity contribution in [3.63, 3.8) is 0 Å². The lowest BCUT2D eigenvalue weighted by atomic mass is 10.2. The van der Waals surface area contributed by atoms with E-state index in [1.807, 2.05) is 19.1 Å². The van der Waals surface area contributed by atoms with Crippen LogP contribution in [0.5, 0.6) is 0 Å². The zero-order valence-corrected chi connectivity index (χ0v) is 10.2. The Morgan fingerprint density at radius 1 is 1.06 bits per heavy atom. The Balaban J connectivity index is 2.24. The van der Waals surface area contributed by atoms with Gasteiger partial charge in [-0.3, -0.25) is 0 Å². The van der Waals surface area contributed by atoms with Crippen LogP contribution in [-0.2, 0) is 6.42 Å². The lowest BCUT2D eigenvalue weighted by molar-refractivity contribution is 0.501. The van der Waals surface area contributed by atoms with E-state index in [0.29, 0.717) is 0 Å². The van der Waals surface area contributed by atoms with Crippen molar-refractivity contribution in [1.82, 2.24) is 9.97 Å². The van der Waals surface area contributed by atoms with Crippen LogP contribution in [0.4, 0.5) is 0 Å². The van der Waals surface area contributed by atoms with Gasteiger partial charge in [0.05, 0.1) is 0 Å². The second-order valence-electron chi connectivity index (χ2n) is 4.46. The third kappa shape index (κ3) is 1.60. The van der Waals surface area contributed by atoms with E-state index in [-0.39, 0.29) is 5.92 Å². The molecule has 0 amide bonds. The number of hydrogen-bond donors (Lipinski definition) is 0. The monoisotopic (exact) mass is 230 g/mol. The van der Waals surface area contributed by atoms with E-state index in [1.165, 1.54) is 0 Å². The number of fused-ring (bicyclic) bond motifs is 2. The van der Waals surface area contributed by atoms with Gasteiger partial charge < -0.3 is 8.83 Å². The third-order valence-electron chi connectivity index (χ3n) is 2.75. The molecule has 3 rings (SSSR count). The van der Waals surface area contributed by atoms with E-state index in [1.54, 1.807) is 0 Å². The molecule has 0 unspecified atom stereocenters. The summed E-state index contributed by atoms with van der Waals surface area (Å²) in [5.74, 6) is 1.79. The maximum absolute atomic E-state index is 5.69. The molecule has 3 aromatic rings. The average Bonchev–Trinajstić information content (AvgIpc) is 2.87. The number of aromatic nitrogens is 2. The van der Waals surface area contributed by atoms with Crippen LogP contribution in [0.25, 0.3) is 22.2 Å². The average molecular weight is 230 g/mol. The van der Waals surface area contributed by atoms with E-state index < -0.39 is 0 Å². The predicted octanol–water partition coefficient (Wildman–Crippen LogP) is 3.65. The Kier molecular flexibility index (Phi) is 2.18. The number of hydrogen-bond acceptors (Lipinski definition) is 4. The number of aryl methyl sites for hydroxylation is 1. The molecule has 1 aromatic carbocycles. The fraction of sp³-hybridized carbons (Fsp3) is 0.385. The molecular weight excluding hydrogens is 216 g/mol. The summed E-state index contributed by atoms with van der Waals surface area (Å²) in [6, 6.07) is 3.79. The number of oxazole rings is 2. The smallest absolute Gasteiger partial charge is 0.198 e. The van der Waals surface area contributed by atoms with Crippen molar-refractivity contribution in [2.24, 2.45) is 0 Å². The summed E-state index contributed by atoms with van der Waals surface area (Å²) in [5, 5.41) is 0. The molecule has 2 aromatic heterocycles. The van der Waals surface area contributed by atoms with Crippen molar-refractivity contribution in [1.29, 1.82) is 0 Å². The van der Waals surface area contributed by atoms with Crippen LogP contribution in [0.2, 0.25) is 0 Å². The summed E-state index contributed by atoms with van der Waals surface area (Å²) in [6.45, 7) is 6.13. The van der Waals surface area contributed by atoms with Gasteiger partial charge in [-0.05, 0) is 0 Å². The van der Waals surface area contributed by atoms with Gasteiger partial charge >= 0.3 is 0 Å². The number of nitrogens with zero attached hydrogens (tertiary/aromatic N) is 2. The van der Waals surface area contributed by atoms with E-state index in [9.17, 15) is 0 Å². The summed E-state index contributed by atoms with van der Waals surface area (Å²) in [5.41, 5.74) is 3.22. The highest BCUT2D eigenvalue weighted by Crippen LogP contribution is 2.26. The van der Waals surface area contributed by atoms with Gasteiger partial charge in [-0.25, -0.2) is 9.97 Å². The molecule has 0 aliphatic carbocycles. The normalized spacial score (nSPS) is 12.0. The maximum atomic E-state index is 5.69. The van der Waals surface area contributed by atoms with Crippen LogP contribution in [0.1, 0.15) is 38.5 Å². The third-order valence-corrected chi connectivity index (χ3v) is 2.75. The zero-order chi connectivity index (χ0) is 12.0. The van der Waals surface area contributed by atoms with E-state index in [0.717, 1.165) is 40.4 Å². The van der Waals surface area contributed by atoms with Gasteiger partial charge in [-0.1, -0.05) is 20.8 Å².